The Balaban J connectivity index is 1.56. The van der Waals surface area contributed by atoms with Crippen molar-refractivity contribution < 1.29 is 15.0 Å². The highest BCUT2D eigenvalue weighted by Gasteiger charge is 2.10. The number of carbonyl (C=O) groups is 1. The lowest BCUT2D eigenvalue weighted by molar-refractivity contribution is 0.103. The maximum Gasteiger partial charge on any atom is 0.193 e. The zero-order chi connectivity index (χ0) is 19.5. The highest BCUT2D eigenvalue weighted by Crippen LogP contribution is 2.26. The van der Waals surface area contributed by atoms with Gasteiger partial charge < -0.3 is 10.2 Å². The summed E-state index contributed by atoms with van der Waals surface area (Å²) >= 11 is 0. The summed E-state index contributed by atoms with van der Waals surface area (Å²) in [6.45, 7) is 0. The Hall–Kier alpha value is -3.85. The van der Waals surface area contributed by atoms with Crippen LogP contribution in [-0.4, -0.2) is 16.0 Å². The third-order valence-electron chi connectivity index (χ3n) is 4.65. The zero-order valence-electron chi connectivity index (χ0n) is 15.0. The van der Waals surface area contributed by atoms with Crippen LogP contribution in [0.15, 0.2) is 97.1 Å². The third-order valence-corrected chi connectivity index (χ3v) is 4.65. The first-order valence-corrected chi connectivity index (χ1v) is 8.94. The molecule has 0 amide bonds. The number of ketones is 1. The minimum Gasteiger partial charge on any atom is -0.508 e. The van der Waals surface area contributed by atoms with E-state index in [1.807, 2.05) is 36.4 Å². The van der Waals surface area contributed by atoms with Crippen LogP contribution in [0.5, 0.6) is 11.5 Å². The fraction of sp³-hybridized carbons (Fsp3) is 0. The molecule has 0 spiro atoms. The Morgan fingerprint density at radius 3 is 1.25 bits per heavy atom. The predicted octanol–water partition coefficient (Wildman–Crippen LogP) is 5.66. The molecule has 3 heteroatoms. The van der Waals surface area contributed by atoms with Crippen LogP contribution in [0.3, 0.4) is 0 Å². The van der Waals surface area contributed by atoms with Gasteiger partial charge in [-0.2, -0.15) is 0 Å². The van der Waals surface area contributed by atoms with Crippen LogP contribution in [-0.2, 0) is 0 Å². The molecular formula is C25H18O3. The summed E-state index contributed by atoms with van der Waals surface area (Å²) in [6.07, 6.45) is 0. The van der Waals surface area contributed by atoms with E-state index in [9.17, 15) is 15.0 Å². The van der Waals surface area contributed by atoms with Gasteiger partial charge in [-0.05, 0) is 46.5 Å². The van der Waals surface area contributed by atoms with Crippen molar-refractivity contribution in [1.82, 2.24) is 0 Å². The van der Waals surface area contributed by atoms with Gasteiger partial charge in [-0.3, -0.25) is 4.79 Å². The van der Waals surface area contributed by atoms with E-state index in [4.69, 9.17) is 0 Å². The molecule has 0 saturated carbocycles. The average Bonchev–Trinajstić information content (AvgIpc) is 2.73. The first-order valence-electron chi connectivity index (χ1n) is 8.94. The monoisotopic (exact) mass is 366 g/mol. The number of hydrogen-bond donors (Lipinski definition) is 2. The van der Waals surface area contributed by atoms with Gasteiger partial charge in [0.15, 0.2) is 5.78 Å². The van der Waals surface area contributed by atoms with Crippen molar-refractivity contribution in [2.45, 2.75) is 0 Å². The molecule has 2 N–H and O–H groups in total. The number of aromatic hydroxyl groups is 2. The van der Waals surface area contributed by atoms with E-state index in [-0.39, 0.29) is 17.3 Å². The normalized spacial score (nSPS) is 10.6. The van der Waals surface area contributed by atoms with Crippen molar-refractivity contribution in [3.8, 4) is 33.8 Å². The summed E-state index contributed by atoms with van der Waals surface area (Å²) in [5.41, 5.74) is 4.88. The predicted molar refractivity (Wildman–Crippen MR) is 111 cm³/mol. The molecule has 0 atom stereocenters. The molecule has 4 rings (SSSR count). The highest BCUT2D eigenvalue weighted by molar-refractivity contribution is 6.09. The Morgan fingerprint density at radius 1 is 0.500 bits per heavy atom. The molecule has 0 aliphatic carbocycles. The van der Waals surface area contributed by atoms with Gasteiger partial charge in [-0.25, -0.2) is 0 Å². The third kappa shape index (κ3) is 3.64. The maximum absolute atomic E-state index is 12.8. The van der Waals surface area contributed by atoms with Crippen LogP contribution in [0, 0.1) is 0 Å². The van der Waals surface area contributed by atoms with Gasteiger partial charge in [0.05, 0.1) is 0 Å². The molecular weight excluding hydrogens is 348 g/mol. The molecule has 28 heavy (non-hydrogen) atoms. The lowest BCUT2D eigenvalue weighted by atomic mass is 9.97. The van der Waals surface area contributed by atoms with E-state index in [0.717, 1.165) is 22.3 Å². The van der Waals surface area contributed by atoms with Crippen LogP contribution < -0.4 is 0 Å². The molecule has 0 saturated heterocycles. The van der Waals surface area contributed by atoms with Crippen molar-refractivity contribution in [2.75, 3.05) is 0 Å². The van der Waals surface area contributed by atoms with E-state index in [2.05, 4.69) is 0 Å². The molecule has 0 radical (unpaired) electrons. The molecule has 3 nitrogen and oxygen atoms in total. The average molecular weight is 366 g/mol. The van der Waals surface area contributed by atoms with Crippen LogP contribution in [0.25, 0.3) is 22.3 Å². The van der Waals surface area contributed by atoms with Gasteiger partial charge in [0.25, 0.3) is 0 Å². The summed E-state index contributed by atoms with van der Waals surface area (Å²) in [5, 5.41) is 19.2. The quantitative estimate of drug-likeness (QED) is 0.458. The van der Waals surface area contributed by atoms with E-state index in [1.165, 1.54) is 0 Å². The van der Waals surface area contributed by atoms with Crippen LogP contribution in [0.1, 0.15) is 15.9 Å². The smallest absolute Gasteiger partial charge is 0.193 e. The molecule has 0 fully saturated rings. The zero-order valence-corrected chi connectivity index (χ0v) is 15.0. The topological polar surface area (TPSA) is 57.5 Å². The summed E-state index contributed by atoms with van der Waals surface area (Å²) in [5.74, 6) is 0.374. The minimum atomic E-state index is -0.0510. The lowest BCUT2D eigenvalue weighted by Gasteiger charge is -2.07. The van der Waals surface area contributed by atoms with Crippen LogP contribution >= 0.6 is 0 Å². The van der Waals surface area contributed by atoms with Crippen molar-refractivity contribution in [1.29, 1.82) is 0 Å². The van der Waals surface area contributed by atoms with Crippen LogP contribution in [0.2, 0.25) is 0 Å². The largest absolute Gasteiger partial charge is 0.508 e. The standard InChI is InChI=1S/C25H18O3/c26-23-5-1-3-21(15-23)17-7-11-19(12-8-17)25(28)20-13-9-18(10-14-20)22-4-2-6-24(27)16-22/h1-16,26-27H. The highest BCUT2D eigenvalue weighted by atomic mass is 16.3. The van der Waals surface area contributed by atoms with Crippen molar-refractivity contribution in [3.05, 3.63) is 108 Å². The molecule has 4 aromatic carbocycles. The molecule has 0 aliphatic rings. The Bertz CT molecular complexity index is 1040. The number of benzene rings is 4. The second kappa shape index (κ2) is 7.41. The summed E-state index contributed by atoms with van der Waals surface area (Å²) in [7, 11) is 0. The van der Waals surface area contributed by atoms with Gasteiger partial charge >= 0.3 is 0 Å². The molecule has 136 valence electrons. The second-order valence-corrected chi connectivity index (χ2v) is 6.58. The van der Waals surface area contributed by atoms with Gasteiger partial charge in [0, 0.05) is 11.1 Å². The molecule has 0 aromatic heterocycles. The van der Waals surface area contributed by atoms with E-state index < -0.39 is 0 Å². The van der Waals surface area contributed by atoms with Crippen molar-refractivity contribution >= 4 is 5.78 Å². The molecule has 0 heterocycles. The number of phenolic OH excluding ortho intramolecular Hbond substituents is 2. The molecule has 0 aliphatic heterocycles. The number of carbonyl (C=O) groups excluding carboxylic acids is 1. The van der Waals surface area contributed by atoms with Crippen molar-refractivity contribution in [3.63, 3.8) is 0 Å². The number of phenols is 2. The molecule has 0 unspecified atom stereocenters. The van der Waals surface area contributed by atoms with E-state index >= 15 is 0 Å². The fourth-order valence-electron chi connectivity index (χ4n) is 3.17. The summed E-state index contributed by atoms with van der Waals surface area (Å²) in [4.78, 5) is 12.8. The number of hydrogen-bond acceptors (Lipinski definition) is 3. The number of rotatable bonds is 4. The minimum absolute atomic E-state index is 0.0510. The molecule has 4 aromatic rings. The SMILES string of the molecule is O=C(c1ccc(-c2cccc(O)c2)cc1)c1ccc(-c2cccc(O)c2)cc1. The van der Waals surface area contributed by atoms with E-state index in [1.54, 1.807) is 60.7 Å². The van der Waals surface area contributed by atoms with E-state index in [0.29, 0.717) is 11.1 Å². The van der Waals surface area contributed by atoms with Gasteiger partial charge in [0.2, 0.25) is 0 Å². The van der Waals surface area contributed by atoms with Gasteiger partial charge in [-0.15, -0.1) is 0 Å². The van der Waals surface area contributed by atoms with Crippen molar-refractivity contribution in [2.24, 2.45) is 0 Å². The van der Waals surface area contributed by atoms with Crippen LogP contribution in [0.4, 0.5) is 0 Å². The summed E-state index contributed by atoms with van der Waals surface area (Å²) < 4.78 is 0. The Labute approximate surface area is 163 Å². The lowest BCUT2D eigenvalue weighted by Crippen LogP contribution is -2.00. The first kappa shape index (κ1) is 17.6. The Morgan fingerprint density at radius 2 is 0.893 bits per heavy atom. The maximum atomic E-state index is 12.8. The summed E-state index contributed by atoms with van der Waals surface area (Å²) in [6, 6.07) is 28.7. The molecule has 0 bridgehead atoms. The van der Waals surface area contributed by atoms with Gasteiger partial charge in [0.1, 0.15) is 11.5 Å². The van der Waals surface area contributed by atoms with Gasteiger partial charge in [-0.1, -0.05) is 72.8 Å². The second-order valence-electron chi connectivity index (χ2n) is 6.58. The fourth-order valence-corrected chi connectivity index (χ4v) is 3.17. The Kier molecular flexibility index (Phi) is 4.65. The first-order chi connectivity index (χ1) is 13.6.